The number of imidazole rings is 6. The van der Waals surface area contributed by atoms with Gasteiger partial charge in [-0.15, -0.1) is 40.8 Å². The molecule has 0 unspecified atom stereocenters. The molecular weight excluding hydrogens is 1650 g/mol. The van der Waals surface area contributed by atoms with Crippen molar-refractivity contribution >= 4 is 100 Å². The van der Waals surface area contributed by atoms with Crippen molar-refractivity contribution in [3.63, 3.8) is 0 Å². The minimum absolute atomic E-state index is 0.469. The number of hydrogen-bond donors (Lipinski definition) is 0. The fourth-order valence-electron chi connectivity index (χ4n) is 16.8. The van der Waals surface area contributed by atoms with E-state index in [4.69, 9.17) is 28.8 Å². The molecule has 16 aromatic carbocycles. The molecule has 0 saturated carbocycles. The van der Waals surface area contributed by atoms with Gasteiger partial charge in [-0.1, -0.05) is 302 Å². The molecule has 26 rings (SSSR count). The van der Waals surface area contributed by atoms with Gasteiger partial charge in [0.2, 0.25) is 35.1 Å². The van der Waals surface area contributed by atoms with E-state index < -0.39 is 0 Å². The normalized spacial score (nSPS) is 11.4. The molecule has 0 saturated heterocycles. The lowest BCUT2D eigenvalue weighted by atomic mass is 10.1. The third-order valence-electron chi connectivity index (χ3n) is 22.7. The smallest absolute Gasteiger partial charge is 0.250 e. The Balaban J connectivity index is 0.0000000988. The summed E-state index contributed by atoms with van der Waals surface area (Å²) in [5.41, 5.74) is 26.2. The van der Waals surface area contributed by atoms with Crippen molar-refractivity contribution in [1.29, 1.82) is 0 Å². The van der Waals surface area contributed by atoms with E-state index in [0.29, 0.717) is 23.6 Å². The van der Waals surface area contributed by atoms with Crippen LogP contribution in [0.5, 0.6) is 0 Å². The number of para-hydroxylation sites is 16. The van der Waals surface area contributed by atoms with Gasteiger partial charge in [0, 0.05) is 44.5 Å². The van der Waals surface area contributed by atoms with Gasteiger partial charge in [0.15, 0.2) is 0 Å². The summed E-state index contributed by atoms with van der Waals surface area (Å²) in [6.45, 7) is 0. The number of benzene rings is 16. The summed E-state index contributed by atoms with van der Waals surface area (Å²) in [5, 5.41) is 39.0. The maximum atomic E-state index is 6.11. The Morgan fingerprint density at radius 1 is 0.177 bits per heavy atom. The standard InChI is InChI=1S/C27H17N5O.C27H17N5S.C27H18N4O.C27H18N4S/c2*1-2-10-18(11-3-1)25-29-30-26(33-25)19-12-4-6-14-21(19)31-23-16-8-9-17-24(23)32-22-15-7-5-13-20(22)28-27(31)32;2*1-3-11-19(12-4-1)25-28-22-16-8-10-18-24(22)31(25)23-17-9-7-15-21(23)27-30-29-26(32-27)20-13-5-2-6-14-20/h2*1-17H;2*1-18H. The second kappa shape index (κ2) is 33.8. The molecule has 22 heteroatoms. The van der Waals surface area contributed by atoms with E-state index in [2.05, 4.69) is 256 Å². The second-order valence-electron chi connectivity index (χ2n) is 30.6. The number of nitrogens with zero attached hydrogens (tertiary/aromatic N) is 18. The average Bonchev–Trinajstić information content (AvgIpc) is 1.56. The van der Waals surface area contributed by atoms with Gasteiger partial charge in [-0.3, -0.25) is 27.1 Å². The van der Waals surface area contributed by atoms with Crippen LogP contribution < -0.4 is 0 Å². The van der Waals surface area contributed by atoms with Crippen LogP contribution in [-0.2, 0) is 0 Å². The zero-order chi connectivity index (χ0) is 86.2. The molecule has 616 valence electrons. The van der Waals surface area contributed by atoms with Crippen molar-refractivity contribution in [2.24, 2.45) is 0 Å². The van der Waals surface area contributed by atoms with Crippen LogP contribution in [0.25, 0.3) is 211 Å². The third-order valence-corrected chi connectivity index (χ3v) is 24.7. The van der Waals surface area contributed by atoms with Crippen molar-refractivity contribution in [2.45, 2.75) is 0 Å². The Kier molecular flexibility index (Phi) is 20.1. The molecule has 130 heavy (non-hydrogen) atoms. The maximum Gasteiger partial charge on any atom is 0.250 e. The van der Waals surface area contributed by atoms with Gasteiger partial charge in [-0.25, -0.2) is 19.9 Å². The van der Waals surface area contributed by atoms with E-state index in [9.17, 15) is 0 Å². The zero-order valence-electron chi connectivity index (χ0n) is 69.1. The summed E-state index contributed by atoms with van der Waals surface area (Å²) in [4.78, 5) is 19.9. The minimum atomic E-state index is 0.469. The van der Waals surface area contributed by atoms with Gasteiger partial charge < -0.3 is 8.83 Å². The lowest BCUT2D eigenvalue weighted by Crippen LogP contribution is -2.00. The van der Waals surface area contributed by atoms with Crippen molar-refractivity contribution < 1.29 is 8.83 Å². The highest BCUT2D eigenvalue weighted by molar-refractivity contribution is 7.18. The molecule has 10 aromatic heterocycles. The topological polar surface area (TPSA) is 209 Å². The molecule has 0 atom stereocenters. The summed E-state index contributed by atoms with van der Waals surface area (Å²) < 4.78 is 25.4. The molecule has 0 N–H and O–H groups in total. The first-order valence-electron chi connectivity index (χ1n) is 42.3. The van der Waals surface area contributed by atoms with Crippen LogP contribution in [0.2, 0.25) is 0 Å². The van der Waals surface area contributed by atoms with Gasteiger partial charge in [-0.2, -0.15) is 0 Å². The van der Waals surface area contributed by atoms with Crippen molar-refractivity contribution in [3.05, 3.63) is 425 Å². The zero-order valence-corrected chi connectivity index (χ0v) is 70.7. The van der Waals surface area contributed by atoms with Crippen LogP contribution in [0.1, 0.15) is 0 Å². The lowest BCUT2D eigenvalue weighted by molar-refractivity contribution is 0.584. The molecule has 10 heterocycles. The predicted molar refractivity (Wildman–Crippen MR) is 518 cm³/mol. The molecule has 0 aliphatic carbocycles. The summed E-state index contributed by atoms with van der Waals surface area (Å²) >= 11 is 3.21. The van der Waals surface area contributed by atoms with Crippen LogP contribution in [0.3, 0.4) is 0 Å². The highest BCUT2D eigenvalue weighted by Crippen LogP contribution is 2.43. The quantitative estimate of drug-likeness (QED) is 0.0992. The van der Waals surface area contributed by atoms with Crippen molar-refractivity contribution in [2.75, 3.05) is 0 Å². The van der Waals surface area contributed by atoms with E-state index in [-0.39, 0.29) is 0 Å². The number of rotatable bonds is 14. The number of aromatic nitrogens is 18. The molecule has 0 fully saturated rings. The SMILES string of the molecule is c1ccc(-c2nnc(-c3ccccc3-n3c(-c4ccccc4)nc4ccccc43)o2)cc1.c1ccc(-c2nnc(-c3ccccc3-n3c(-c4ccccc4)nc4ccccc43)s2)cc1.c1ccc(-c2nnc(-c3ccccc3-n3c4ccccc4n4c5ccccc5nc34)o2)cc1.c1ccc(-c2nnc(-c3ccccc3-n3c4ccccc4n4c5ccccc5nc34)s2)cc1. The van der Waals surface area contributed by atoms with Gasteiger partial charge in [0.05, 0.1) is 100 Å². The summed E-state index contributed by atoms with van der Waals surface area (Å²) in [6, 6.07) is 143. The van der Waals surface area contributed by atoms with E-state index >= 15 is 0 Å². The van der Waals surface area contributed by atoms with Gasteiger partial charge in [0.1, 0.15) is 31.7 Å². The Hall–Kier alpha value is -17.6. The molecule has 0 spiro atoms. The van der Waals surface area contributed by atoms with E-state index in [1.54, 1.807) is 22.7 Å². The average molecular weight is 1720 g/mol. The lowest BCUT2D eigenvalue weighted by Gasteiger charge is -2.13. The van der Waals surface area contributed by atoms with Gasteiger partial charge >= 0.3 is 0 Å². The fraction of sp³-hybridized carbons (Fsp3) is 0. The first kappa shape index (κ1) is 77.2. The Bertz CT molecular complexity index is 8090. The van der Waals surface area contributed by atoms with E-state index in [1.807, 2.05) is 237 Å². The third kappa shape index (κ3) is 14.3. The van der Waals surface area contributed by atoms with Crippen LogP contribution in [0.4, 0.5) is 0 Å². The molecule has 0 radical (unpaired) electrons. The van der Waals surface area contributed by atoms with Crippen LogP contribution >= 0.6 is 22.7 Å². The first-order valence-corrected chi connectivity index (χ1v) is 43.9. The Morgan fingerprint density at radius 3 is 0.808 bits per heavy atom. The summed E-state index contributed by atoms with van der Waals surface area (Å²) in [7, 11) is 0. The number of hydrogen-bond acceptors (Lipinski definition) is 16. The largest absolute Gasteiger partial charge is 0.416 e. The summed E-state index contributed by atoms with van der Waals surface area (Å²) in [5.74, 6) is 5.43. The number of fused-ring (bicyclic) bond motifs is 12. The molecular formula is C108H70N18O2S2. The van der Waals surface area contributed by atoms with Crippen molar-refractivity contribution in [1.82, 2.24) is 87.8 Å². The van der Waals surface area contributed by atoms with Gasteiger partial charge in [0.25, 0.3) is 0 Å². The van der Waals surface area contributed by atoms with E-state index in [1.165, 1.54) is 0 Å². The first-order chi connectivity index (χ1) is 64.5. The second-order valence-corrected chi connectivity index (χ2v) is 32.5. The Morgan fingerprint density at radius 2 is 0.431 bits per heavy atom. The van der Waals surface area contributed by atoms with Crippen LogP contribution in [0.15, 0.2) is 433 Å². The molecule has 0 aliphatic rings. The highest BCUT2D eigenvalue weighted by Gasteiger charge is 2.27. The summed E-state index contributed by atoms with van der Waals surface area (Å²) in [6.07, 6.45) is 0. The molecule has 0 aliphatic heterocycles. The van der Waals surface area contributed by atoms with Gasteiger partial charge in [-0.05, 0) is 146 Å². The van der Waals surface area contributed by atoms with Crippen LogP contribution in [-0.4, -0.2) is 87.8 Å². The highest BCUT2D eigenvalue weighted by atomic mass is 32.1. The van der Waals surface area contributed by atoms with Crippen molar-refractivity contribution in [3.8, 4) is 134 Å². The van der Waals surface area contributed by atoms with E-state index in [0.717, 1.165) is 188 Å². The minimum Gasteiger partial charge on any atom is -0.416 e. The van der Waals surface area contributed by atoms with Crippen LogP contribution in [0, 0.1) is 0 Å². The molecule has 0 amide bonds. The predicted octanol–water partition coefficient (Wildman–Crippen LogP) is 26.1. The maximum absolute atomic E-state index is 6.11. The Labute approximate surface area is 750 Å². The fourth-order valence-corrected chi connectivity index (χ4v) is 18.6. The molecule has 26 aromatic rings. The monoisotopic (exact) mass is 1710 g/mol. The molecule has 20 nitrogen and oxygen atoms in total. The molecule has 0 bridgehead atoms.